The van der Waals surface area contributed by atoms with E-state index in [1.54, 1.807) is 12.3 Å². The van der Waals surface area contributed by atoms with Gasteiger partial charge in [-0.3, -0.25) is 0 Å². The molecule has 0 amide bonds. The maximum absolute atomic E-state index is 9.81. The van der Waals surface area contributed by atoms with Gasteiger partial charge in [0.25, 0.3) is 0 Å². The average molecular weight is 176 g/mol. The van der Waals surface area contributed by atoms with Gasteiger partial charge in [0.2, 0.25) is 0 Å². The standard InChI is InChI=1S/C11H12O2/c1-2-3-8-4-5-10-9(11(8)12)6-7-13-10/h4-7,12H,2-3H2,1H3. The molecule has 68 valence electrons. The number of aromatic hydroxyl groups is 1. The Hall–Kier alpha value is -1.44. The Labute approximate surface area is 76.8 Å². The smallest absolute Gasteiger partial charge is 0.137 e. The van der Waals surface area contributed by atoms with Crippen LogP contribution in [0.3, 0.4) is 0 Å². The highest BCUT2D eigenvalue weighted by molar-refractivity contribution is 5.85. The summed E-state index contributed by atoms with van der Waals surface area (Å²) in [5.41, 5.74) is 1.74. The quantitative estimate of drug-likeness (QED) is 0.762. The second-order valence-corrected chi connectivity index (χ2v) is 3.16. The summed E-state index contributed by atoms with van der Waals surface area (Å²) in [5.74, 6) is 0.369. The van der Waals surface area contributed by atoms with E-state index in [-0.39, 0.29) is 0 Å². The van der Waals surface area contributed by atoms with Crippen molar-refractivity contribution in [3.8, 4) is 5.75 Å². The molecule has 0 aliphatic rings. The van der Waals surface area contributed by atoms with Gasteiger partial charge in [-0.2, -0.15) is 0 Å². The van der Waals surface area contributed by atoms with Crippen LogP contribution in [0.2, 0.25) is 0 Å². The molecule has 1 N–H and O–H groups in total. The van der Waals surface area contributed by atoms with Crippen molar-refractivity contribution in [3.05, 3.63) is 30.0 Å². The molecule has 0 unspecified atom stereocenters. The van der Waals surface area contributed by atoms with E-state index < -0.39 is 0 Å². The fourth-order valence-electron chi connectivity index (χ4n) is 1.54. The van der Waals surface area contributed by atoms with Crippen molar-refractivity contribution < 1.29 is 9.52 Å². The summed E-state index contributed by atoms with van der Waals surface area (Å²) in [4.78, 5) is 0. The lowest BCUT2D eigenvalue weighted by molar-refractivity contribution is 0.473. The molecule has 0 aliphatic heterocycles. The third-order valence-electron chi connectivity index (χ3n) is 2.21. The number of benzene rings is 1. The normalized spacial score (nSPS) is 10.8. The minimum atomic E-state index is 0.369. The Morgan fingerprint density at radius 2 is 2.15 bits per heavy atom. The van der Waals surface area contributed by atoms with Gasteiger partial charge < -0.3 is 9.52 Å². The summed E-state index contributed by atoms with van der Waals surface area (Å²) in [5, 5.41) is 10.6. The van der Waals surface area contributed by atoms with E-state index >= 15 is 0 Å². The predicted octanol–water partition coefficient (Wildman–Crippen LogP) is 3.09. The molecule has 2 heteroatoms. The van der Waals surface area contributed by atoms with E-state index in [4.69, 9.17) is 4.42 Å². The second kappa shape index (κ2) is 3.13. The first kappa shape index (κ1) is 8.17. The van der Waals surface area contributed by atoms with E-state index in [0.717, 1.165) is 29.4 Å². The molecule has 2 nitrogen and oxygen atoms in total. The zero-order chi connectivity index (χ0) is 9.26. The molecule has 0 saturated carbocycles. The Bertz CT molecular complexity index is 415. The summed E-state index contributed by atoms with van der Waals surface area (Å²) >= 11 is 0. The summed E-state index contributed by atoms with van der Waals surface area (Å²) in [6.07, 6.45) is 3.55. The van der Waals surface area contributed by atoms with E-state index in [1.807, 2.05) is 12.1 Å². The minimum absolute atomic E-state index is 0.369. The number of phenolic OH excluding ortho intramolecular Hbond substituents is 1. The van der Waals surface area contributed by atoms with E-state index in [2.05, 4.69) is 6.92 Å². The van der Waals surface area contributed by atoms with E-state index in [1.165, 1.54) is 0 Å². The SMILES string of the molecule is CCCc1ccc2occc2c1O. The zero-order valence-corrected chi connectivity index (χ0v) is 7.58. The first-order valence-electron chi connectivity index (χ1n) is 4.51. The topological polar surface area (TPSA) is 33.4 Å². The molecular weight excluding hydrogens is 164 g/mol. The molecule has 0 spiro atoms. The van der Waals surface area contributed by atoms with Gasteiger partial charge in [-0.05, 0) is 24.1 Å². The summed E-state index contributed by atoms with van der Waals surface area (Å²) in [6, 6.07) is 5.62. The molecule has 1 aromatic heterocycles. The number of furan rings is 1. The molecule has 0 fully saturated rings. The van der Waals surface area contributed by atoms with Crippen LogP contribution in [0.4, 0.5) is 0 Å². The Balaban J connectivity index is 2.59. The van der Waals surface area contributed by atoms with Crippen LogP contribution in [-0.2, 0) is 6.42 Å². The van der Waals surface area contributed by atoms with Crippen molar-refractivity contribution in [2.24, 2.45) is 0 Å². The van der Waals surface area contributed by atoms with Crippen LogP contribution in [0.1, 0.15) is 18.9 Å². The van der Waals surface area contributed by atoms with Gasteiger partial charge in [0.05, 0.1) is 11.6 Å². The summed E-state index contributed by atoms with van der Waals surface area (Å²) in [7, 11) is 0. The van der Waals surface area contributed by atoms with Crippen molar-refractivity contribution in [1.82, 2.24) is 0 Å². The number of aryl methyl sites for hydroxylation is 1. The molecule has 1 aromatic carbocycles. The van der Waals surface area contributed by atoms with Gasteiger partial charge in [-0.1, -0.05) is 19.4 Å². The third kappa shape index (κ3) is 1.28. The predicted molar refractivity (Wildman–Crippen MR) is 51.9 cm³/mol. The highest BCUT2D eigenvalue weighted by Crippen LogP contribution is 2.29. The Morgan fingerprint density at radius 1 is 1.31 bits per heavy atom. The summed E-state index contributed by atoms with van der Waals surface area (Å²) < 4.78 is 5.17. The van der Waals surface area contributed by atoms with Crippen molar-refractivity contribution >= 4 is 11.0 Å². The third-order valence-corrected chi connectivity index (χ3v) is 2.21. The lowest BCUT2D eigenvalue weighted by Gasteiger charge is -2.02. The maximum atomic E-state index is 9.81. The molecule has 0 radical (unpaired) electrons. The van der Waals surface area contributed by atoms with Crippen molar-refractivity contribution in [2.45, 2.75) is 19.8 Å². The lowest BCUT2D eigenvalue weighted by atomic mass is 10.1. The van der Waals surface area contributed by atoms with Crippen molar-refractivity contribution in [3.63, 3.8) is 0 Å². The molecule has 0 bridgehead atoms. The number of phenols is 1. The minimum Gasteiger partial charge on any atom is -0.507 e. The van der Waals surface area contributed by atoms with Crippen LogP contribution >= 0.6 is 0 Å². The molecule has 13 heavy (non-hydrogen) atoms. The number of hydrogen-bond donors (Lipinski definition) is 1. The van der Waals surface area contributed by atoms with Crippen LogP contribution in [0.25, 0.3) is 11.0 Å². The van der Waals surface area contributed by atoms with Gasteiger partial charge in [0, 0.05) is 0 Å². The van der Waals surface area contributed by atoms with Gasteiger partial charge in [-0.15, -0.1) is 0 Å². The number of fused-ring (bicyclic) bond motifs is 1. The second-order valence-electron chi connectivity index (χ2n) is 3.16. The van der Waals surface area contributed by atoms with Gasteiger partial charge in [-0.25, -0.2) is 0 Å². The molecule has 0 aliphatic carbocycles. The molecule has 2 rings (SSSR count). The summed E-state index contributed by atoms with van der Waals surface area (Å²) in [6.45, 7) is 2.10. The first-order valence-corrected chi connectivity index (χ1v) is 4.51. The van der Waals surface area contributed by atoms with Gasteiger partial charge in [0.15, 0.2) is 0 Å². The van der Waals surface area contributed by atoms with Gasteiger partial charge >= 0.3 is 0 Å². The number of rotatable bonds is 2. The first-order chi connectivity index (χ1) is 6.33. The zero-order valence-electron chi connectivity index (χ0n) is 7.58. The maximum Gasteiger partial charge on any atom is 0.137 e. The number of hydrogen-bond acceptors (Lipinski definition) is 2. The van der Waals surface area contributed by atoms with Crippen LogP contribution in [0.5, 0.6) is 5.75 Å². The Kier molecular flexibility index (Phi) is 1.97. The Morgan fingerprint density at radius 3 is 2.92 bits per heavy atom. The fraction of sp³-hybridized carbons (Fsp3) is 0.273. The van der Waals surface area contributed by atoms with Crippen molar-refractivity contribution in [1.29, 1.82) is 0 Å². The monoisotopic (exact) mass is 176 g/mol. The van der Waals surface area contributed by atoms with Gasteiger partial charge in [0.1, 0.15) is 11.3 Å². The lowest BCUT2D eigenvalue weighted by Crippen LogP contribution is -1.83. The van der Waals surface area contributed by atoms with E-state index in [0.29, 0.717) is 5.75 Å². The largest absolute Gasteiger partial charge is 0.507 e. The molecule has 2 aromatic rings. The average Bonchev–Trinajstić information content (AvgIpc) is 2.58. The van der Waals surface area contributed by atoms with Crippen LogP contribution in [0.15, 0.2) is 28.9 Å². The van der Waals surface area contributed by atoms with Crippen LogP contribution in [0, 0.1) is 0 Å². The van der Waals surface area contributed by atoms with Crippen molar-refractivity contribution in [2.75, 3.05) is 0 Å². The fourth-order valence-corrected chi connectivity index (χ4v) is 1.54. The molecular formula is C11H12O2. The molecule has 1 heterocycles. The van der Waals surface area contributed by atoms with Crippen LogP contribution < -0.4 is 0 Å². The van der Waals surface area contributed by atoms with Crippen LogP contribution in [-0.4, -0.2) is 5.11 Å². The highest BCUT2D eigenvalue weighted by atomic mass is 16.3. The highest BCUT2D eigenvalue weighted by Gasteiger charge is 2.06. The molecule has 0 atom stereocenters. The molecule has 0 saturated heterocycles. The van der Waals surface area contributed by atoms with E-state index in [9.17, 15) is 5.11 Å².